The molecule has 0 aromatic heterocycles. The van der Waals surface area contributed by atoms with Crippen LogP contribution in [0.4, 0.5) is 0 Å². The van der Waals surface area contributed by atoms with Gasteiger partial charge in [0.05, 0.1) is 17.6 Å². The Morgan fingerprint density at radius 3 is 2.33 bits per heavy atom. The quantitative estimate of drug-likeness (QED) is 0.768. The molecule has 0 heterocycles. The average molecular weight is 348 g/mol. The van der Waals surface area contributed by atoms with Crippen LogP contribution in [0.25, 0.3) is 0 Å². The molecule has 0 aliphatic heterocycles. The van der Waals surface area contributed by atoms with Crippen molar-refractivity contribution in [3.8, 4) is 0 Å². The van der Waals surface area contributed by atoms with Crippen LogP contribution in [0.5, 0.6) is 0 Å². The molecule has 6 nitrogen and oxygen atoms in total. The zero-order valence-corrected chi connectivity index (χ0v) is 14.2. The fourth-order valence-corrected chi connectivity index (χ4v) is 3.95. The summed E-state index contributed by atoms with van der Waals surface area (Å²) in [7, 11) is -2.68. The van der Waals surface area contributed by atoms with E-state index in [1.165, 1.54) is 23.5 Å². The van der Waals surface area contributed by atoms with E-state index in [1.54, 1.807) is 12.1 Å². The standard InChI is InChI=1S/C17H20N2O4S/c1-23-17(20)15-9-5-6-10-16(15)24(21,22)19(12-11-18)13-14-7-3-2-4-8-14/h2-10H,11-13,18H2,1H3. The van der Waals surface area contributed by atoms with Gasteiger partial charge in [0.25, 0.3) is 0 Å². The number of hydrogen-bond acceptors (Lipinski definition) is 5. The van der Waals surface area contributed by atoms with Gasteiger partial charge in [0, 0.05) is 19.6 Å². The average Bonchev–Trinajstić information content (AvgIpc) is 2.61. The molecule has 0 aliphatic carbocycles. The Bertz CT molecular complexity index is 791. The Morgan fingerprint density at radius 1 is 1.08 bits per heavy atom. The molecule has 2 rings (SSSR count). The highest BCUT2D eigenvalue weighted by atomic mass is 32.2. The number of methoxy groups -OCH3 is 1. The molecule has 0 fully saturated rings. The molecule has 0 unspecified atom stereocenters. The molecule has 0 bridgehead atoms. The summed E-state index contributed by atoms with van der Waals surface area (Å²) in [5.74, 6) is -0.693. The minimum absolute atomic E-state index is 0.00934. The SMILES string of the molecule is COC(=O)c1ccccc1S(=O)(=O)N(CCN)Cc1ccccc1. The Balaban J connectivity index is 2.44. The summed E-state index contributed by atoms with van der Waals surface area (Å²) < 4.78 is 32.0. The third-order valence-electron chi connectivity index (χ3n) is 3.49. The monoisotopic (exact) mass is 348 g/mol. The van der Waals surface area contributed by atoms with Gasteiger partial charge in [0.15, 0.2) is 0 Å². The zero-order valence-electron chi connectivity index (χ0n) is 13.4. The van der Waals surface area contributed by atoms with Crippen molar-refractivity contribution in [2.45, 2.75) is 11.4 Å². The molecule has 0 radical (unpaired) electrons. The number of esters is 1. The molecule has 7 heteroatoms. The van der Waals surface area contributed by atoms with Crippen LogP contribution in [0.15, 0.2) is 59.5 Å². The number of benzene rings is 2. The number of ether oxygens (including phenoxy) is 1. The van der Waals surface area contributed by atoms with Crippen LogP contribution in [-0.2, 0) is 21.3 Å². The third kappa shape index (κ3) is 4.00. The molecular formula is C17H20N2O4S. The van der Waals surface area contributed by atoms with Crippen molar-refractivity contribution in [3.63, 3.8) is 0 Å². The number of sulfonamides is 1. The lowest BCUT2D eigenvalue weighted by atomic mass is 10.2. The maximum absolute atomic E-state index is 13.0. The maximum Gasteiger partial charge on any atom is 0.339 e. The minimum Gasteiger partial charge on any atom is -0.465 e. The van der Waals surface area contributed by atoms with Crippen LogP contribution in [0, 0.1) is 0 Å². The second kappa shape index (κ2) is 8.05. The van der Waals surface area contributed by atoms with Crippen molar-refractivity contribution in [2.24, 2.45) is 5.73 Å². The van der Waals surface area contributed by atoms with Crippen molar-refractivity contribution in [2.75, 3.05) is 20.2 Å². The van der Waals surface area contributed by atoms with Gasteiger partial charge >= 0.3 is 5.97 Å². The Morgan fingerprint density at radius 2 is 1.71 bits per heavy atom. The topological polar surface area (TPSA) is 89.7 Å². The van der Waals surface area contributed by atoms with Crippen molar-refractivity contribution in [1.29, 1.82) is 0 Å². The van der Waals surface area contributed by atoms with Crippen LogP contribution in [-0.4, -0.2) is 38.9 Å². The van der Waals surface area contributed by atoms with E-state index in [4.69, 9.17) is 5.73 Å². The predicted octanol–water partition coefficient (Wildman–Crippen LogP) is 1.62. The van der Waals surface area contributed by atoms with Gasteiger partial charge in [-0.05, 0) is 17.7 Å². The Kier molecular flexibility index (Phi) is 6.08. The van der Waals surface area contributed by atoms with E-state index in [9.17, 15) is 13.2 Å². The molecule has 2 N–H and O–H groups in total. The van der Waals surface area contributed by atoms with Crippen LogP contribution in [0.3, 0.4) is 0 Å². The van der Waals surface area contributed by atoms with Gasteiger partial charge in [-0.25, -0.2) is 13.2 Å². The molecule has 0 spiro atoms. The zero-order chi connectivity index (χ0) is 17.6. The lowest BCUT2D eigenvalue weighted by molar-refractivity contribution is 0.0596. The van der Waals surface area contributed by atoms with E-state index in [1.807, 2.05) is 30.3 Å². The maximum atomic E-state index is 13.0. The van der Waals surface area contributed by atoms with E-state index < -0.39 is 16.0 Å². The van der Waals surface area contributed by atoms with Crippen LogP contribution in [0.1, 0.15) is 15.9 Å². The fourth-order valence-electron chi connectivity index (χ4n) is 2.32. The highest BCUT2D eigenvalue weighted by Crippen LogP contribution is 2.22. The van der Waals surface area contributed by atoms with Crippen molar-refractivity contribution < 1.29 is 17.9 Å². The second-order valence-corrected chi connectivity index (χ2v) is 7.01. The molecule has 24 heavy (non-hydrogen) atoms. The smallest absolute Gasteiger partial charge is 0.339 e. The molecule has 0 saturated carbocycles. The number of rotatable bonds is 7. The molecule has 128 valence electrons. The lowest BCUT2D eigenvalue weighted by Crippen LogP contribution is -2.35. The number of carbonyl (C=O) groups is 1. The van der Waals surface area contributed by atoms with Gasteiger partial charge in [-0.1, -0.05) is 42.5 Å². The number of hydrogen-bond donors (Lipinski definition) is 1. The highest BCUT2D eigenvalue weighted by molar-refractivity contribution is 7.89. The third-order valence-corrected chi connectivity index (χ3v) is 5.39. The first-order valence-corrected chi connectivity index (χ1v) is 8.86. The van der Waals surface area contributed by atoms with E-state index in [2.05, 4.69) is 4.74 Å². The molecule has 0 aliphatic rings. The molecule has 2 aromatic rings. The predicted molar refractivity (Wildman–Crippen MR) is 90.9 cm³/mol. The summed E-state index contributed by atoms with van der Waals surface area (Å²) in [5.41, 5.74) is 6.43. The number of nitrogens with zero attached hydrogens (tertiary/aromatic N) is 1. The summed E-state index contributed by atoms with van der Waals surface area (Å²) in [6.45, 7) is 0.495. The first-order chi connectivity index (χ1) is 11.5. The summed E-state index contributed by atoms with van der Waals surface area (Å²) in [5, 5.41) is 0. The van der Waals surface area contributed by atoms with Crippen LogP contribution in [0.2, 0.25) is 0 Å². The van der Waals surface area contributed by atoms with Gasteiger partial charge in [0.2, 0.25) is 10.0 Å². The second-order valence-electron chi connectivity index (χ2n) is 5.10. The summed E-state index contributed by atoms with van der Waals surface area (Å²) in [4.78, 5) is 11.8. The molecular weight excluding hydrogens is 328 g/mol. The molecule has 2 aromatic carbocycles. The van der Waals surface area contributed by atoms with Crippen molar-refractivity contribution >= 4 is 16.0 Å². The summed E-state index contributed by atoms with van der Waals surface area (Å²) >= 11 is 0. The summed E-state index contributed by atoms with van der Waals surface area (Å²) in [6, 6.07) is 15.2. The number of carbonyl (C=O) groups excluding carboxylic acids is 1. The van der Waals surface area contributed by atoms with Gasteiger partial charge in [0.1, 0.15) is 0 Å². The normalized spacial score (nSPS) is 11.5. The fraction of sp³-hybridized carbons (Fsp3) is 0.235. The van der Waals surface area contributed by atoms with E-state index in [-0.39, 0.29) is 30.1 Å². The van der Waals surface area contributed by atoms with Gasteiger partial charge in [-0.2, -0.15) is 4.31 Å². The van der Waals surface area contributed by atoms with Crippen molar-refractivity contribution in [1.82, 2.24) is 4.31 Å². The lowest BCUT2D eigenvalue weighted by Gasteiger charge is -2.22. The van der Waals surface area contributed by atoms with Crippen molar-refractivity contribution in [3.05, 3.63) is 65.7 Å². The largest absolute Gasteiger partial charge is 0.465 e. The molecule has 0 saturated heterocycles. The van der Waals surface area contributed by atoms with E-state index >= 15 is 0 Å². The van der Waals surface area contributed by atoms with E-state index in [0.29, 0.717) is 0 Å². The van der Waals surface area contributed by atoms with Gasteiger partial charge < -0.3 is 10.5 Å². The minimum atomic E-state index is -3.89. The number of nitrogens with two attached hydrogens (primary N) is 1. The first-order valence-electron chi connectivity index (χ1n) is 7.42. The Labute approximate surface area is 141 Å². The molecule has 0 amide bonds. The van der Waals surface area contributed by atoms with Gasteiger partial charge in [-0.15, -0.1) is 0 Å². The summed E-state index contributed by atoms with van der Waals surface area (Å²) in [6.07, 6.45) is 0. The van der Waals surface area contributed by atoms with Crippen LogP contribution >= 0.6 is 0 Å². The van der Waals surface area contributed by atoms with E-state index in [0.717, 1.165) is 5.56 Å². The highest BCUT2D eigenvalue weighted by Gasteiger charge is 2.28. The van der Waals surface area contributed by atoms with Gasteiger partial charge in [-0.3, -0.25) is 0 Å². The van der Waals surface area contributed by atoms with Crippen LogP contribution < -0.4 is 5.73 Å². The molecule has 0 atom stereocenters. The Hall–Kier alpha value is -2.22. The first kappa shape index (κ1) is 18.1.